The highest BCUT2D eigenvalue weighted by atomic mass is 32.1. The van der Waals surface area contributed by atoms with E-state index in [0.29, 0.717) is 5.71 Å². The van der Waals surface area contributed by atoms with Gasteiger partial charge in [-0.2, -0.15) is 0 Å². The molecule has 2 heterocycles. The highest BCUT2D eigenvalue weighted by Gasteiger charge is 2.27. The van der Waals surface area contributed by atoms with Gasteiger partial charge in [-0.3, -0.25) is 0 Å². The third-order valence-electron chi connectivity index (χ3n) is 3.47. The fourth-order valence-electron chi connectivity index (χ4n) is 2.41. The maximum Gasteiger partial charge on any atom is 0.136 e. The van der Waals surface area contributed by atoms with Crippen LogP contribution in [0.25, 0.3) is 11.1 Å². The summed E-state index contributed by atoms with van der Waals surface area (Å²) in [5, 5.41) is 0. The van der Waals surface area contributed by atoms with Crippen molar-refractivity contribution < 1.29 is 8.83 Å². The van der Waals surface area contributed by atoms with Gasteiger partial charge in [-0.15, -0.1) is 0 Å². The molecule has 3 rings (SSSR count). The summed E-state index contributed by atoms with van der Waals surface area (Å²) in [6, 6.07) is 7.23. The minimum Gasteiger partial charge on any atom is -0.462 e. The summed E-state index contributed by atoms with van der Waals surface area (Å²) in [6.07, 6.45) is 3.88. The highest BCUT2D eigenvalue weighted by Crippen LogP contribution is 2.31. The molecule has 21 heavy (non-hydrogen) atoms. The predicted octanol–water partition coefficient (Wildman–Crippen LogP) is 3.58. The van der Waals surface area contributed by atoms with E-state index in [1.165, 1.54) is 0 Å². The molecule has 2 N–H and O–H groups in total. The SMILES string of the molecule is Cc1ccc(C2=CC=C(c3ccc(C)o3)C(N)/C2=N\S)o1. The molecule has 1 aliphatic carbocycles. The van der Waals surface area contributed by atoms with E-state index >= 15 is 0 Å². The van der Waals surface area contributed by atoms with E-state index in [1.54, 1.807) is 0 Å². The molecule has 108 valence electrons. The zero-order chi connectivity index (χ0) is 15.0. The van der Waals surface area contributed by atoms with Gasteiger partial charge in [-0.25, -0.2) is 4.40 Å². The Kier molecular flexibility index (Phi) is 3.61. The van der Waals surface area contributed by atoms with Crippen LogP contribution < -0.4 is 5.73 Å². The normalized spacial score (nSPS) is 20.6. The van der Waals surface area contributed by atoms with Crippen molar-refractivity contribution in [3.05, 3.63) is 59.5 Å². The number of hydrogen-bond acceptors (Lipinski definition) is 5. The largest absolute Gasteiger partial charge is 0.462 e. The molecule has 0 saturated heterocycles. The molecule has 1 aliphatic rings. The van der Waals surface area contributed by atoms with E-state index in [4.69, 9.17) is 14.6 Å². The van der Waals surface area contributed by atoms with Crippen molar-refractivity contribution in [2.24, 2.45) is 10.1 Å². The first-order valence-corrected chi connectivity index (χ1v) is 7.03. The molecule has 1 unspecified atom stereocenters. The van der Waals surface area contributed by atoms with Gasteiger partial charge in [-0.1, -0.05) is 6.08 Å². The molecule has 0 aliphatic heterocycles. The lowest BCUT2D eigenvalue weighted by Crippen LogP contribution is -2.34. The summed E-state index contributed by atoms with van der Waals surface area (Å²) in [5.41, 5.74) is 8.71. The second-order valence-corrected chi connectivity index (χ2v) is 5.19. The highest BCUT2D eigenvalue weighted by molar-refractivity contribution is 7.79. The van der Waals surface area contributed by atoms with Crippen molar-refractivity contribution in [2.75, 3.05) is 0 Å². The fraction of sp³-hybridized carbons (Fsp3) is 0.188. The summed E-state index contributed by atoms with van der Waals surface area (Å²) in [5.74, 6) is 3.18. The van der Waals surface area contributed by atoms with Gasteiger partial charge in [0.2, 0.25) is 0 Å². The smallest absolute Gasteiger partial charge is 0.136 e. The number of furan rings is 2. The molecule has 4 nitrogen and oxygen atoms in total. The molecule has 0 saturated carbocycles. The van der Waals surface area contributed by atoms with E-state index in [2.05, 4.69) is 17.2 Å². The zero-order valence-electron chi connectivity index (χ0n) is 11.8. The third kappa shape index (κ3) is 2.50. The van der Waals surface area contributed by atoms with Crippen molar-refractivity contribution >= 4 is 29.7 Å². The lowest BCUT2D eigenvalue weighted by molar-refractivity contribution is 0.518. The predicted molar refractivity (Wildman–Crippen MR) is 87.2 cm³/mol. The van der Waals surface area contributed by atoms with Gasteiger partial charge in [0.15, 0.2) is 0 Å². The Balaban J connectivity index is 2.07. The number of nitrogens with two attached hydrogens (primary N) is 1. The molecule has 0 bridgehead atoms. The van der Waals surface area contributed by atoms with Crippen LogP contribution in [0, 0.1) is 13.8 Å². The first-order chi connectivity index (χ1) is 10.1. The Hall–Kier alpha value is -1.98. The number of rotatable bonds is 2. The van der Waals surface area contributed by atoms with Crippen LogP contribution in [0.5, 0.6) is 0 Å². The van der Waals surface area contributed by atoms with E-state index < -0.39 is 6.04 Å². The van der Waals surface area contributed by atoms with Crippen molar-refractivity contribution in [1.29, 1.82) is 0 Å². The molecular formula is C16H16N2O2S. The Bertz CT molecular complexity index is 765. The number of aryl methyl sites for hydroxylation is 2. The standard InChI is InChI=1S/C16H16N2O2S/c1-9-3-7-13(19-9)11-5-6-12(16(18-21)15(11)17)14-8-4-10(2)20-14/h3-8,15,21H,17H2,1-2H3/b18-16-. The maximum atomic E-state index is 6.32. The topological polar surface area (TPSA) is 64.7 Å². The van der Waals surface area contributed by atoms with Crippen molar-refractivity contribution in [3.8, 4) is 0 Å². The minimum absolute atomic E-state index is 0.404. The molecule has 1 atom stereocenters. The van der Waals surface area contributed by atoms with Crippen LogP contribution in [-0.4, -0.2) is 11.8 Å². The van der Waals surface area contributed by atoms with E-state index in [0.717, 1.165) is 34.2 Å². The second-order valence-electron chi connectivity index (χ2n) is 4.99. The summed E-state index contributed by atoms with van der Waals surface area (Å²) in [7, 11) is 0. The van der Waals surface area contributed by atoms with Gasteiger partial charge in [-0.05, 0) is 57.0 Å². The molecule has 2 aromatic heterocycles. The number of hydrogen-bond donors (Lipinski definition) is 2. The number of allylic oxidation sites excluding steroid dienone is 2. The Morgan fingerprint density at radius 1 is 1.00 bits per heavy atom. The number of nitrogens with zero attached hydrogens (tertiary/aromatic N) is 1. The zero-order valence-corrected chi connectivity index (χ0v) is 12.7. The second kappa shape index (κ2) is 5.42. The van der Waals surface area contributed by atoms with Gasteiger partial charge in [0.1, 0.15) is 23.0 Å². The van der Waals surface area contributed by atoms with Crippen molar-refractivity contribution in [3.63, 3.8) is 0 Å². The van der Waals surface area contributed by atoms with Gasteiger partial charge in [0.05, 0.1) is 11.8 Å². The Morgan fingerprint density at radius 2 is 1.62 bits per heavy atom. The molecule has 0 fully saturated rings. The molecule has 0 radical (unpaired) electrons. The van der Waals surface area contributed by atoms with Crippen molar-refractivity contribution in [2.45, 2.75) is 19.9 Å². The van der Waals surface area contributed by atoms with Crippen molar-refractivity contribution in [1.82, 2.24) is 0 Å². The summed E-state index contributed by atoms with van der Waals surface area (Å²) < 4.78 is 15.4. The van der Waals surface area contributed by atoms with Crippen LogP contribution in [-0.2, 0) is 0 Å². The summed E-state index contributed by atoms with van der Waals surface area (Å²) in [4.78, 5) is 0. The molecule has 0 amide bonds. The maximum absolute atomic E-state index is 6.32. The van der Waals surface area contributed by atoms with Gasteiger partial charge in [0.25, 0.3) is 0 Å². The average Bonchev–Trinajstić information content (AvgIpc) is 3.07. The average molecular weight is 300 g/mol. The van der Waals surface area contributed by atoms with Crippen LogP contribution in [0.2, 0.25) is 0 Å². The van der Waals surface area contributed by atoms with Crippen LogP contribution in [0.15, 0.2) is 49.6 Å². The first-order valence-electron chi connectivity index (χ1n) is 6.63. The minimum atomic E-state index is -0.404. The Morgan fingerprint density at radius 3 is 2.14 bits per heavy atom. The van der Waals surface area contributed by atoms with Crippen LogP contribution in [0.1, 0.15) is 23.0 Å². The van der Waals surface area contributed by atoms with E-state index in [9.17, 15) is 0 Å². The molecular weight excluding hydrogens is 284 g/mol. The first kappa shape index (κ1) is 14.0. The van der Waals surface area contributed by atoms with Crippen LogP contribution in [0.4, 0.5) is 0 Å². The quantitative estimate of drug-likeness (QED) is 0.833. The van der Waals surface area contributed by atoms with E-state index in [-0.39, 0.29) is 0 Å². The fourth-order valence-corrected chi connectivity index (χ4v) is 2.64. The molecule has 0 aromatic carbocycles. The summed E-state index contributed by atoms with van der Waals surface area (Å²) in [6.45, 7) is 3.80. The van der Waals surface area contributed by atoms with Gasteiger partial charge < -0.3 is 14.6 Å². The lowest BCUT2D eigenvalue weighted by Gasteiger charge is -2.21. The molecule has 0 spiro atoms. The molecule has 5 heteroatoms. The van der Waals surface area contributed by atoms with Crippen LogP contribution >= 0.6 is 12.8 Å². The summed E-state index contributed by atoms with van der Waals surface area (Å²) >= 11 is 4.07. The third-order valence-corrected chi connectivity index (χ3v) is 3.69. The molecule has 2 aromatic rings. The monoisotopic (exact) mass is 300 g/mol. The van der Waals surface area contributed by atoms with E-state index in [1.807, 2.05) is 50.3 Å². The van der Waals surface area contributed by atoms with Gasteiger partial charge >= 0.3 is 0 Å². The van der Waals surface area contributed by atoms with Crippen LogP contribution in [0.3, 0.4) is 0 Å². The Labute approximate surface area is 128 Å². The van der Waals surface area contributed by atoms with Gasteiger partial charge in [0, 0.05) is 11.1 Å². The lowest BCUT2D eigenvalue weighted by atomic mass is 9.89. The number of thiol groups is 1.